The lowest BCUT2D eigenvalue weighted by molar-refractivity contribution is -0.0476. The molecule has 27 heavy (non-hydrogen) atoms. The van der Waals surface area contributed by atoms with E-state index in [0.717, 1.165) is 39.1 Å². The predicted octanol–water partition coefficient (Wildman–Crippen LogP) is 3.53. The highest BCUT2D eigenvalue weighted by molar-refractivity contribution is 5.89. The maximum atomic E-state index is 12.9. The van der Waals surface area contributed by atoms with Crippen LogP contribution in [0.2, 0.25) is 0 Å². The molecule has 4 rings (SSSR count). The van der Waals surface area contributed by atoms with Crippen molar-refractivity contribution in [2.24, 2.45) is 22.7 Å². The number of carbonyl (C=O) groups excluding carboxylic acids is 1. The van der Waals surface area contributed by atoms with E-state index in [0.29, 0.717) is 17.4 Å². The van der Waals surface area contributed by atoms with Crippen LogP contribution in [0.3, 0.4) is 0 Å². The van der Waals surface area contributed by atoms with Crippen molar-refractivity contribution in [2.75, 3.05) is 39.8 Å². The van der Waals surface area contributed by atoms with E-state index in [1.54, 1.807) is 0 Å². The summed E-state index contributed by atoms with van der Waals surface area (Å²) in [4.78, 5) is 17.9. The van der Waals surface area contributed by atoms with Crippen molar-refractivity contribution in [3.8, 4) is 0 Å². The van der Waals surface area contributed by atoms with Crippen molar-refractivity contribution >= 4 is 5.97 Å². The number of benzene rings is 1. The van der Waals surface area contributed by atoms with E-state index in [2.05, 4.69) is 37.6 Å². The summed E-state index contributed by atoms with van der Waals surface area (Å²) in [6.45, 7) is 12.7. The highest BCUT2D eigenvalue weighted by Gasteiger charge is 2.67. The van der Waals surface area contributed by atoms with Crippen molar-refractivity contribution in [1.82, 2.24) is 9.80 Å². The molecule has 2 aliphatic carbocycles. The summed E-state index contributed by atoms with van der Waals surface area (Å²) in [5.74, 6) is 0.916. The molecule has 4 nitrogen and oxygen atoms in total. The fourth-order valence-electron chi connectivity index (χ4n) is 6.03. The SMILES string of the molecule is CN1CCN(CC2C3CCC(C)(C2OC(=O)c2ccccc2)C3(C)C)CC1. The number of esters is 1. The van der Waals surface area contributed by atoms with Gasteiger partial charge in [-0.05, 0) is 43.4 Å². The number of rotatable bonds is 4. The fourth-order valence-corrected chi connectivity index (χ4v) is 6.03. The summed E-state index contributed by atoms with van der Waals surface area (Å²) in [5.41, 5.74) is 0.950. The van der Waals surface area contributed by atoms with Gasteiger partial charge < -0.3 is 14.5 Å². The quantitative estimate of drug-likeness (QED) is 0.759. The molecule has 1 heterocycles. The molecule has 148 valence electrons. The molecular formula is C23H34N2O2. The van der Waals surface area contributed by atoms with Gasteiger partial charge in [-0.3, -0.25) is 0 Å². The molecule has 4 heteroatoms. The smallest absolute Gasteiger partial charge is 0.338 e. The Kier molecular flexibility index (Phi) is 4.84. The van der Waals surface area contributed by atoms with Crippen LogP contribution in [0.4, 0.5) is 0 Å². The first-order valence-electron chi connectivity index (χ1n) is 10.5. The largest absolute Gasteiger partial charge is 0.458 e. The van der Waals surface area contributed by atoms with Gasteiger partial charge in [0.1, 0.15) is 6.10 Å². The van der Waals surface area contributed by atoms with Crippen molar-refractivity contribution in [3.05, 3.63) is 35.9 Å². The van der Waals surface area contributed by atoms with E-state index >= 15 is 0 Å². The second-order valence-electron chi connectivity index (χ2n) is 9.74. The van der Waals surface area contributed by atoms with E-state index in [1.165, 1.54) is 6.42 Å². The average Bonchev–Trinajstić information content (AvgIpc) is 2.97. The van der Waals surface area contributed by atoms with Gasteiger partial charge in [0.05, 0.1) is 5.56 Å². The molecule has 2 bridgehead atoms. The van der Waals surface area contributed by atoms with Gasteiger partial charge in [-0.2, -0.15) is 0 Å². The molecule has 3 aliphatic rings. The number of piperazine rings is 1. The van der Waals surface area contributed by atoms with Crippen LogP contribution in [0.5, 0.6) is 0 Å². The summed E-state index contributed by atoms with van der Waals surface area (Å²) < 4.78 is 6.27. The first-order chi connectivity index (χ1) is 12.8. The van der Waals surface area contributed by atoms with Crippen LogP contribution in [-0.4, -0.2) is 61.6 Å². The number of fused-ring (bicyclic) bond motifs is 2. The van der Waals surface area contributed by atoms with E-state index < -0.39 is 0 Å². The van der Waals surface area contributed by atoms with Gasteiger partial charge >= 0.3 is 5.97 Å². The van der Waals surface area contributed by atoms with Crippen LogP contribution in [0.25, 0.3) is 0 Å². The number of hydrogen-bond donors (Lipinski definition) is 0. The molecule has 0 N–H and O–H groups in total. The number of ether oxygens (including phenoxy) is 1. The van der Waals surface area contributed by atoms with E-state index in [-0.39, 0.29) is 22.9 Å². The third-order valence-electron chi connectivity index (χ3n) is 8.22. The third kappa shape index (κ3) is 3.11. The molecule has 1 aliphatic heterocycles. The van der Waals surface area contributed by atoms with Crippen LogP contribution < -0.4 is 0 Å². The van der Waals surface area contributed by atoms with Gasteiger partial charge in [0, 0.05) is 44.1 Å². The van der Waals surface area contributed by atoms with Gasteiger partial charge in [0.15, 0.2) is 0 Å². The highest BCUT2D eigenvalue weighted by atomic mass is 16.5. The third-order valence-corrected chi connectivity index (χ3v) is 8.22. The zero-order valence-electron chi connectivity index (χ0n) is 17.3. The van der Waals surface area contributed by atoms with Crippen molar-refractivity contribution < 1.29 is 9.53 Å². The minimum absolute atomic E-state index is 0.0126. The molecular weight excluding hydrogens is 336 g/mol. The minimum atomic E-state index is -0.159. The predicted molar refractivity (Wildman–Crippen MR) is 108 cm³/mol. The zero-order valence-corrected chi connectivity index (χ0v) is 17.3. The summed E-state index contributed by atoms with van der Waals surface area (Å²) in [5, 5.41) is 0. The van der Waals surface area contributed by atoms with Crippen LogP contribution in [0.1, 0.15) is 44.0 Å². The number of hydrogen-bond acceptors (Lipinski definition) is 4. The van der Waals surface area contributed by atoms with Crippen molar-refractivity contribution in [1.29, 1.82) is 0 Å². The van der Waals surface area contributed by atoms with Crippen LogP contribution in [0, 0.1) is 22.7 Å². The van der Waals surface area contributed by atoms with Crippen LogP contribution in [-0.2, 0) is 4.74 Å². The Morgan fingerprint density at radius 2 is 1.78 bits per heavy atom. The van der Waals surface area contributed by atoms with Gasteiger partial charge in [-0.1, -0.05) is 39.0 Å². The standard InChI is InChI=1S/C23H34N2O2/c1-22(2)19-10-11-23(22,3)20(27-21(26)17-8-6-5-7-9-17)18(19)16-25-14-12-24(4)13-15-25/h5-9,18-20H,10-16H2,1-4H3. The summed E-state index contributed by atoms with van der Waals surface area (Å²) >= 11 is 0. The number of carbonyl (C=O) groups is 1. The molecule has 1 saturated heterocycles. The van der Waals surface area contributed by atoms with Crippen molar-refractivity contribution in [3.63, 3.8) is 0 Å². The van der Waals surface area contributed by atoms with Gasteiger partial charge in [0.2, 0.25) is 0 Å². The maximum absolute atomic E-state index is 12.9. The molecule has 0 aromatic heterocycles. The Hall–Kier alpha value is -1.39. The molecule has 1 aromatic rings. The summed E-state index contributed by atoms with van der Waals surface area (Å²) in [6, 6.07) is 9.47. The van der Waals surface area contributed by atoms with Crippen LogP contribution >= 0.6 is 0 Å². The molecule has 0 radical (unpaired) electrons. The first-order valence-corrected chi connectivity index (χ1v) is 10.5. The average molecular weight is 371 g/mol. The van der Waals surface area contributed by atoms with E-state index in [9.17, 15) is 4.79 Å². The zero-order chi connectivity index (χ0) is 19.2. The van der Waals surface area contributed by atoms with Gasteiger partial charge in [-0.25, -0.2) is 4.79 Å². The normalized spacial score (nSPS) is 36.1. The molecule has 4 atom stereocenters. The second-order valence-corrected chi connectivity index (χ2v) is 9.74. The minimum Gasteiger partial charge on any atom is -0.458 e. The lowest BCUT2D eigenvalue weighted by atomic mass is 9.70. The Morgan fingerprint density at radius 1 is 1.11 bits per heavy atom. The van der Waals surface area contributed by atoms with E-state index in [1.807, 2.05) is 30.3 Å². The monoisotopic (exact) mass is 370 g/mol. The van der Waals surface area contributed by atoms with Crippen molar-refractivity contribution in [2.45, 2.75) is 39.7 Å². The lowest BCUT2D eigenvalue weighted by Gasteiger charge is -2.41. The Morgan fingerprint density at radius 3 is 2.44 bits per heavy atom. The summed E-state index contributed by atoms with van der Waals surface area (Å²) in [6.07, 6.45) is 2.44. The number of nitrogens with zero attached hydrogens (tertiary/aromatic N) is 2. The van der Waals surface area contributed by atoms with Crippen LogP contribution in [0.15, 0.2) is 30.3 Å². The molecule has 0 amide bonds. The number of likely N-dealkylation sites (N-methyl/N-ethyl adjacent to an activating group) is 1. The second kappa shape index (κ2) is 6.89. The highest BCUT2D eigenvalue weighted by Crippen LogP contribution is 2.68. The lowest BCUT2D eigenvalue weighted by Crippen LogP contribution is -2.49. The first kappa shape index (κ1) is 18.9. The molecule has 2 saturated carbocycles. The maximum Gasteiger partial charge on any atom is 0.338 e. The fraction of sp³-hybridized carbons (Fsp3) is 0.696. The molecule has 4 unspecified atom stereocenters. The topological polar surface area (TPSA) is 32.8 Å². The van der Waals surface area contributed by atoms with Gasteiger partial charge in [0.25, 0.3) is 0 Å². The molecule has 1 aromatic carbocycles. The van der Waals surface area contributed by atoms with Gasteiger partial charge in [-0.15, -0.1) is 0 Å². The molecule has 0 spiro atoms. The van der Waals surface area contributed by atoms with E-state index in [4.69, 9.17) is 4.74 Å². The Labute approximate surface area is 163 Å². The Bertz CT molecular complexity index is 681. The summed E-state index contributed by atoms with van der Waals surface area (Å²) in [7, 11) is 2.20. The Balaban J connectivity index is 1.55. The molecule has 3 fully saturated rings.